The molecular formula is C16H15N3O5. The Kier molecular flexibility index (Phi) is 4.59. The number of hydrogen-bond donors (Lipinski definition) is 1. The molecule has 0 atom stereocenters. The lowest BCUT2D eigenvalue weighted by atomic mass is 10.1. The molecule has 0 fully saturated rings. The van der Waals surface area contributed by atoms with Crippen molar-refractivity contribution in [1.82, 2.24) is 0 Å². The van der Waals surface area contributed by atoms with Crippen molar-refractivity contribution in [3.8, 4) is 0 Å². The number of nitro benzene ring substituents is 2. The second-order valence-corrected chi connectivity index (χ2v) is 5.42. The van der Waals surface area contributed by atoms with Gasteiger partial charge in [0.25, 0.3) is 17.3 Å². The summed E-state index contributed by atoms with van der Waals surface area (Å²) in [7, 11) is 0. The van der Waals surface area contributed by atoms with E-state index in [1.165, 1.54) is 30.3 Å². The van der Waals surface area contributed by atoms with E-state index in [9.17, 15) is 25.0 Å². The lowest BCUT2D eigenvalue weighted by Crippen LogP contribution is -2.14. The Morgan fingerprint density at radius 1 is 0.917 bits per heavy atom. The van der Waals surface area contributed by atoms with Gasteiger partial charge in [-0.2, -0.15) is 0 Å². The molecule has 8 heteroatoms. The maximum absolute atomic E-state index is 12.4. The third-order valence-electron chi connectivity index (χ3n) is 3.63. The highest BCUT2D eigenvalue weighted by atomic mass is 16.6. The summed E-state index contributed by atoms with van der Waals surface area (Å²) in [5.41, 5.74) is 1.93. The van der Waals surface area contributed by atoms with Crippen molar-refractivity contribution in [3.63, 3.8) is 0 Å². The van der Waals surface area contributed by atoms with Crippen molar-refractivity contribution in [3.05, 3.63) is 72.8 Å². The Morgan fingerprint density at radius 2 is 1.50 bits per heavy atom. The molecule has 0 aliphatic heterocycles. The minimum Gasteiger partial charge on any atom is -0.321 e. The number of benzene rings is 2. The zero-order chi connectivity index (χ0) is 18.0. The summed E-state index contributed by atoms with van der Waals surface area (Å²) < 4.78 is 0. The van der Waals surface area contributed by atoms with Crippen LogP contribution in [0.4, 0.5) is 17.1 Å². The van der Waals surface area contributed by atoms with Gasteiger partial charge in [0.2, 0.25) is 0 Å². The molecule has 2 aromatic rings. The molecule has 0 aliphatic rings. The fraction of sp³-hybridized carbons (Fsp3) is 0.188. The molecule has 0 bridgehead atoms. The third-order valence-corrected chi connectivity index (χ3v) is 3.63. The number of nitro groups is 2. The molecule has 0 radical (unpaired) electrons. The van der Waals surface area contributed by atoms with Crippen molar-refractivity contribution < 1.29 is 14.6 Å². The minimum absolute atomic E-state index is 0.0611. The van der Waals surface area contributed by atoms with Gasteiger partial charge < -0.3 is 5.32 Å². The summed E-state index contributed by atoms with van der Waals surface area (Å²) in [6, 6.07) is 6.93. The van der Waals surface area contributed by atoms with Crippen molar-refractivity contribution >= 4 is 23.0 Å². The number of rotatable bonds is 4. The first-order chi connectivity index (χ1) is 11.2. The number of carbonyl (C=O) groups is 1. The monoisotopic (exact) mass is 329 g/mol. The van der Waals surface area contributed by atoms with Crippen LogP contribution in [0.25, 0.3) is 0 Å². The number of nitrogens with one attached hydrogen (secondary N) is 1. The SMILES string of the molecule is Cc1ccc(C(=O)Nc2c(C)cc([N+](=O)[O-])cc2C)cc1[N+](=O)[O-]. The number of anilines is 1. The van der Waals surface area contributed by atoms with Gasteiger partial charge in [-0.25, -0.2) is 0 Å². The van der Waals surface area contributed by atoms with Gasteiger partial charge in [-0.15, -0.1) is 0 Å². The maximum Gasteiger partial charge on any atom is 0.273 e. The van der Waals surface area contributed by atoms with Crippen LogP contribution in [-0.2, 0) is 0 Å². The van der Waals surface area contributed by atoms with Gasteiger partial charge in [0.1, 0.15) is 0 Å². The zero-order valence-electron chi connectivity index (χ0n) is 13.3. The zero-order valence-corrected chi connectivity index (χ0v) is 13.3. The lowest BCUT2D eigenvalue weighted by Gasteiger charge is -2.12. The predicted molar refractivity (Wildman–Crippen MR) is 88.4 cm³/mol. The smallest absolute Gasteiger partial charge is 0.273 e. The van der Waals surface area contributed by atoms with Crippen LogP contribution < -0.4 is 5.32 Å². The van der Waals surface area contributed by atoms with Crippen molar-refractivity contribution in [2.24, 2.45) is 0 Å². The lowest BCUT2D eigenvalue weighted by molar-refractivity contribution is -0.385. The molecule has 0 saturated carbocycles. The van der Waals surface area contributed by atoms with Gasteiger partial charge in [-0.3, -0.25) is 25.0 Å². The van der Waals surface area contributed by atoms with Crippen molar-refractivity contribution in [2.75, 3.05) is 5.32 Å². The molecule has 124 valence electrons. The maximum atomic E-state index is 12.4. The third kappa shape index (κ3) is 3.37. The van der Waals surface area contributed by atoms with Crippen molar-refractivity contribution in [2.45, 2.75) is 20.8 Å². The van der Waals surface area contributed by atoms with Crippen LogP contribution in [0.1, 0.15) is 27.0 Å². The first-order valence-corrected chi connectivity index (χ1v) is 7.02. The number of nitrogens with zero attached hydrogens (tertiary/aromatic N) is 2. The predicted octanol–water partition coefficient (Wildman–Crippen LogP) is 3.68. The molecule has 2 rings (SSSR count). The first kappa shape index (κ1) is 17.1. The Hall–Kier alpha value is -3.29. The van der Waals surface area contributed by atoms with E-state index in [2.05, 4.69) is 5.32 Å². The largest absolute Gasteiger partial charge is 0.321 e. The molecule has 2 aromatic carbocycles. The first-order valence-electron chi connectivity index (χ1n) is 7.02. The summed E-state index contributed by atoms with van der Waals surface area (Å²) in [5, 5.41) is 24.5. The van der Waals surface area contributed by atoms with Gasteiger partial charge in [-0.05, 0) is 38.0 Å². The summed E-state index contributed by atoms with van der Waals surface area (Å²) in [6.07, 6.45) is 0. The molecule has 24 heavy (non-hydrogen) atoms. The molecule has 1 amide bonds. The van der Waals surface area contributed by atoms with Gasteiger partial charge in [0.15, 0.2) is 0 Å². The normalized spacial score (nSPS) is 10.3. The Labute approximate surface area is 137 Å². The average Bonchev–Trinajstić information content (AvgIpc) is 2.50. The topological polar surface area (TPSA) is 115 Å². The summed E-state index contributed by atoms with van der Waals surface area (Å²) in [4.78, 5) is 33.1. The average molecular weight is 329 g/mol. The number of carbonyl (C=O) groups excluding carboxylic acids is 1. The van der Waals surface area contributed by atoms with E-state index in [-0.39, 0.29) is 16.9 Å². The van der Waals surface area contributed by atoms with Gasteiger partial charge in [0.05, 0.1) is 9.85 Å². The van der Waals surface area contributed by atoms with Crippen LogP contribution in [0.15, 0.2) is 30.3 Å². The van der Waals surface area contributed by atoms with Crippen LogP contribution in [0.5, 0.6) is 0 Å². The van der Waals surface area contributed by atoms with Crippen LogP contribution in [0, 0.1) is 41.0 Å². The summed E-state index contributed by atoms with van der Waals surface area (Å²) in [5.74, 6) is -0.516. The molecule has 1 N–H and O–H groups in total. The summed E-state index contributed by atoms with van der Waals surface area (Å²) in [6.45, 7) is 4.88. The Morgan fingerprint density at radius 3 is 2.00 bits per heavy atom. The van der Waals surface area contributed by atoms with Gasteiger partial charge in [0, 0.05) is 35.0 Å². The highest BCUT2D eigenvalue weighted by Crippen LogP contribution is 2.27. The Balaban J connectivity index is 2.35. The van der Waals surface area contributed by atoms with E-state index in [1.807, 2.05) is 0 Å². The Bertz CT molecular complexity index is 838. The second-order valence-electron chi connectivity index (χ2n) is 5.42. The molecule has 0 unspecified atom stereocenters. The van der Waals surface area contributed by atoms with E-state index in [0.29, 0.717) is 22.4 Å². The van der Waals surface area contributed by atoms with Crippen LogP contribution >= 0.6 is 0 Å². The molecule has 0 saturated heterocycles. The van der Waals surface area contributed by atoms with Crippen LogP contribution in [-0.4, -0.2) is 15.8 Å². The quantitative estimate of drug-likeness (QED) is 0.678. The fourth-order valence-electron chi connectivity index (χ4n) is 2.38. The number of non-ortho nitro benzene ring substituents is 1. The molecule has 0 heterocycles. The van der Waals surface area contributed by atoms with Gasteiger partial charge >= 0.3 is 0 Å². The van der Waals surface area contributed by atoms with Crippen LogP contribution in [0.2, 0.25) is 0 Å². The standard InChI is InChI=1S/C16H15N3O5/c1-9-4-5-12(8-14(9)19(23)24)16(20)17-15-10(2)6-13(18(21)22)7-11(15)3/h4-8H,1-3H3,(H,17,20). The van der Waals surface area contributed by atoms with E-state index in [0.717, 1.165) is 0 Å². The second kappa shape index (κ2) is 6.45. The van der Waals surface area contributed by atoms with Crippen molar-refractivity contribution in [1.29, 1.82) is 0 Å². The van der Waals surface area contributed by atoms with E-state index in [1.54, 1.807) is 20.8 Å². The molecular weight excluding hydrogens is 314 g/mol. The number of aryl methyl sites for hydroxylation is 3. The molecule has 0 aliphatic carbocycles. The number of hydrogen-bond acceptors (Lipinski definition) is 5. The van der Waals surface area contributed by atoms with Gasteiger partial charge in [-0.1, -0.05) is 6.07 Å². The molecule has 0 spiro atoms. The van der Waals surface area contributed by atoms with E-state index >= 15 is 0 Å². The highest BCUT2D eigenvalue weighted by molar-refractivity contribution is 6.05. The minimum atomic E-state index is -0.547. The van der Waals surface area contributed by atoms with Crippen LogP contribution in [0.3, 0.4) is 0 Å². The molecule has 8 nitrogen and oxygen atoms in total. The molecule has 0 aromatic heterocycles. The summed E-state index contributed by atoms with van der Waals surface area (Å²) >= 11 is 0. The van der Waals surface area contributed by atoms with E-state index < -0.39 is 15.8 Å². The van der Waals surface area contributed by atoms with E-state index in [4.69, 9.17) is 0 Å². The number of amides is 1. The fourth-order valence-corrected chi connectivity index (χ4v) is 2.38. The highest BCUT2D eigenvalue weighted by Gasteiger charge is 2.18.